The Kier molecular flexibility index (Phi) is 7.32. The molecule has 0 aliphatic carbocycles. The van der Waals surface area contributed by atoms with Gasteiger partial charge in [-0.2, -0.15) is 0 Å². The Hall–Kier alpha value is -2.88. The predicted octanol–water partition coefficient (Wildman–Crippen LogP) is 6.44. The number of nitrogens with zero attached hydrogens (tertiary/aromatic N) is 1. The number of fused-ring (bicyclic) bond motifs is 1. The van der Waals surface area contributed by atoms with Crippen LogP contribution in [0.5, 0.6) is 0 Å². The molecule has 0 bridgehead atoms. The van der Waals surface area contributed by atoms with E-state index in [9.17, 15) is 0 Å². The average molecular weight is 411 g/mol. The Morgan fingerprint density at radius 2 is 1.57 bits per heavy atom. The maximum absolute atomic E-state index is 4.22. The van der Waals surface area contributed by atoms with Crippen molar-refractivity contribution in [3.05, 3.63) is 115 Å². The highest BCUT2D eigenvalue weighted by Crippen LogP contribution is 2.27. The fourth-order valence-electron chi connectivity index (χ4n) is 3.51. The molecule has 0 unspecified atom stereocenters. The molecule has 0 aliphatic rings. The fourth-order valence-corrected chi connectivity index (χ4v) is 4.54. The lowest BCUT2D eigenvalue weighted by Crippen LogP contribution is -2.16. The summed E-state index contributed by atoms with van der Waals surface area (Å²) in [5.74, 6) is 1.10. The number of pyridine rings is 1. The summed E-state index contributed by atoms with van der Waals surface area (Å²) >= 11 is 1.92. The standard InChI is InChI=1S/C27H26N2S/c1-3-9-22(10-4-1)25(23-11-5-2-6-12-23)15-18-28-17-8-20-30-27-14-7-13-24-21-29-19-16-26(24)27/h1-7,9-16,19,21,28H,8,17-18,20H2. The first-order valence-electron chi connectivity index (χ1n) is 10.4. The number of benzene rings is 3. The molecule has 4 aromatic rings. The van der Waals surface area contributed by atoms with Crippen molar-refractivity contribution in [1.29, 1.82) is 0 Å². The molecule has 1 aromatic heterocycles. The molecule has 0 amide bonds. The van der Waals surface area contributed by atoms with Crippen molar-refractivity contribution in [3.8, 4) is 0 Å². The largest absolute Gasteiger partial charge is 0.313 e. The molecule has 0 saturated carbocycles. The van der Waals surface area contributed by atoms with E-state index in [0.29, 0.717) is 0 Å². The van der Waals surface area contributed by atoms with Crippen LogP contribution in [0, 0.1) is 0 Å². The second-order valence-electron chi connectivity index (χ2n) is 7.11. The van der Waals surface area contributed by atoms with E-state index >= 15 is 0 Å². The van der Waals surface area contributed by atoms with Gasteiger partial charge >= 0.3 is 0 Å². The Balaban J connectivity index is 1.29. The second kappa shape index (κ2) is 10.8. The lowest BCUT2D eigenvalue weighted by atomic mass is 9.98. The van der Waals surface area contributed by atoms with Gasteiger partial charge in [0, 0.05) is 29.2 Å². The summed E-state index contributed by atoms with van der Waals surface area (Å²) in [6.45, 7) is 1.87. The van der Waals surface area contributed by atoms with Crippen LogP contribution in [-0.4, -0.2) is 23.8 Å². The molecule has 30 heavy (non-hydrogen) atoms. The van der Waals surface area contributed by atoms with Gasteiger partial charge in [0.1, 0.15) is 0 Å². The molecule has 0 fully saturated rings. The molecule has 0 radical (unpaired) electrons. The van der Waals surface area contributed by atoms with Crippen LogP contribution in [0.4, 0.5) is 0 Å². The third-order valence-corrected chi connectivity index (χ3v) is 6.18. The van der Waals surface area contributed by atoms with Crippen molar-refractivity contribution >= 4 is 28.1 Å². The molecule has 2 nitrogen and oxygen atoms in total. The van der Waals surface area contributed by atoms with E-state index in [1.807, 2.05) is 24.2 Å². The number of thioether (sulfide) groups is 1. The smallest absolute Gasteiger partial charge is 0.0346 e. The third-order valence-electron chi connectivity index (χ3n) is 5.02. The quantitative estimate of drug-likeness (QED) is 0.254. The van der Waals surface area contributed by atoms with E-state index in [2.05, 4.69) is 101 Å². The van der Waals surface area contributed by atoms with Gasteiger partial charge < -0.3 is 5.32 Å². The molecule has 0 aliphatic heterocycles. The summed E-state index contributed by atoms with van der Waals surface area (Å²) in [5, 5.41) is 6.08. The minimum atomic E-state index is 0.865. The van der Waals surface area contributed by atoms with Crippen molar-refractivity contribution in [2.45, 2.75) is 11.3 Å². The SMILES string of the molecule is C(CNCCCSc1cccc2cnccc12)=C(c1ccccc1)c1ccccc1. The molecule has 0 atom stereocenters. The molecule has 4 rings (SSSR count). The Bertz CT molecular complexity index is 1040. The number of rotatable bonds is 9. The summed E-state index contributed by atoms with van der Waals surface area (Å²) in [6, 6.07) is 29.8. The van der Waals surface area contributed by atoms with Crippen LogP contribution in [0.25, 0.3) is 16.3 Å². The molecular formula is C27H26N2S. The van der Waals surface area contributed by atoms with Crippen LogP contribution in [0.15, 0.2) is 108 Å². The van der Waals surface area contributed by atoms with E-state index < -0.39 is 0 Å². The Morgan fingerprint density at radius 3 is 2.30 bits per heavy atom. The van der Waals surface area contributed by atoms with Gasteiger partial charge in [0.25, 0.3) is 0 Å². The molecule has 150 valence electrons. The van der Waals surface area contributed by atoms with Gasteiger partial charge in [-0.3, -0.25) is 4.98 Å². The van der Waals surface area contributed by atoms with Crippen molar-refractivity contribution in [1.82, 2.24) is 10.3 Å². The van der Waals surface area contributed by atoms with E-state index in [0.717, 1.165) is 25.3 Å². The topological polar surface area (TPSA) is 24.9 Å². The van der Waals surface area contributed by atoms with Crippen LogP contribution < -0.4 is 5.32 Å². The van der Waals surface area contributed by atoms with Gasteiger partial charge in [0.05, 0.1) is 0 Å². The molecule has 1 heterocycles. The Labute approximate surface area is 183 Å². The molecular weight excluding hydrogens is 384 g/mol. The summed E-state index contributed by atoms with van der Waals surface area (Å²) in [7, 11) is 0. The maximum atomic E-state index is 4.22. The van der Waals surface area contributed by atoms with Gasteiger partial charge in [-0.15, -0.1) is 11.8 Å². The molecule has 1 N–H and O–H groups in total. The summed E-state index contributed by atoms with van der Waals surface area (Å²) < 4.78 is 0. The number of hydrogen-bond donors (Lipinski definition) is 1. The normalized spacial score (nSPS) is 10.8. The van der Waals surface area contributed by atoms with Gasteiger partial charge in [-0.25, -0.2) is 0 Å². The van der Waals surface area contributed by atoms with Crippen LogP contribution >= 0.6 is 11.8 Å². The van der Waals surface area contributed by atoms with Gasteiger partial charge in [0.2, 0.25) is 0 Å². The fraction of sp³-hybridized carbons (Fsp3) is 0.148. The number of hydrogen-bond acceptors (Lipinski definition) is 3. The zero-order valence-corrected chi connectivity index (χ0v) is 17.8. The van der Waals surface area contributed by atoms with Crippen molar-refractivity contribution in [2.24, 2.45) is 0 Å². The maximum Gasteiger partial charge on any atom is 0.0346 e. The second-order valence-corrected chi connectivity index (χ2v) is 8.25. The zero-order chi connectivity index (χ0) is 20.4. The van der Waals surface area contributed by atoms with Crippen molar-refractivity contribution in [2.75, 3.05) is 18.8 Å². The monoisotopic (exact) mass is 410 g/mol. The molecule has 0 saturated heterocycles. The summed E-state index contributed by atoms with van der Waals surface area (Å²) in [4.78, 5) is 5.56. The highest BCUT2D eigenvalue weighted by atomic mass is 32.2. The van der Waals surface area contributed by atoms with E-state index in [1.54, 1.807) is 0 Å². The first kappa shape index (κ1) is 20.4. The molecule has 3 aromatic carbocycles. The van der Waals surface area contributed by atoms with Crippen LogP contribution in [0.1, 0.15) is 17.5 Å². The number of nitrogens with one attached hydrogen (secondary N) is 1. The summed E-state index contributed by atoms with van der Waals surface area (Å²) in [6.07, 6.45) is 7.24. The van der Waals surface area contributed by atoms with Crippen molar-refractivity contribution in [3.63, 3.8) is 0 Å². The molecule has 0 spiro atoms. The van der Waals surface area contributed by atoms with E-state index in [-0.39, 0.29) is 0 Å². The summed E-state index contributed by atoms with van der Waals surface area (Å²) in [5.41, 5.74) is 3.79. The lowest BCUT2D eigenvalue weighted by molar-refractivity contribution is 0.734. The van der Waals surface area contributed by atoms with Crippen molar-refractivity contribution < 1.29 is 0 Å². The third kappa shape index (κ3) is 5.38. The van der Waals surface area contributed by atoms with Gasteiger partial charge in [-0.05, 0) is 52.9 Å². The average Bonchev–Trinajstić information content (AvgIpc) is 2.82. The highest BCUT2D eigenvalue weighted by Gasteiger charge is 2.04. The van der Waals surface area contributed by atoms with Crippen LogP contribution in [0.3, 0.4) is 0 Å². The first-order valence-corrected chi connectivity index (χ1v) is 11.4. The van der Waals surface area contributed by atoms with Gasteiger partial charge in [-0.1, -0.05) is 78.9 Å². The van der Waals surface area contributed by atoms with E-state index in [1.165, 1.54) is 32.4 Å². The minimum Gasteiger partial charge on any atom is -0.313 e. The molecule has 3 heteroatoms. The van der Waals surface area contributed by atoms with Crippen LogP contribution in [0.2, 0.25) is 0 Å². The zero-order valence-electron chi connectivity index (χ0n) is 17.0. The highest BCUT2D eigenvalue weighted by molar-refractivity contribution is 7.99. The van der Waals surface area contributed by atoms with Crippen LogP contribution in [-0.2, 0) is 0 Å². The number of aromatic nitrogens is 1. The predicted molar refractivity (Wildman–Crippen MR) is 130 cm³/mol. The Morgan fingerprint density at radius 1 is 0.833 bits per heavy atom. The van der Waals surface area contributed by atoms with E-state index in [4.69, 9.17) is 0 Å². The lowest BCUT2D eigenvalue weighted by Gasteiger charge is -2.10. The van der Waals surface area contributed by atoms with Gasteiger partial charge in [0.15, 0.2) is 0 Å². The minimum absolute atomic E-state index is 0.865. The first-order chi connectivity index (χ1) is 14.9.